The zero-order chi connectivity index (χ0) is 13.0. The molecular formula is C13H17N3OS. The Morgan fingerprint density at radius 3 is 2.67 bits per heavy atom. The molecule has 0 aliphatic rings. The van der Waals surface area contributed by atoms with Crippen molar-refractivity contribution in [2.24, 2.45) is 0 Å². The average molecular weight is 263 g/mol. The average Bonchev–Trinajstić information content (AvgIpc) is 2.85. The molecule has 18 heavy (non-hydrogen) atoms. The third-order valence-corrected chi connectivity index (χ3v) is 3.68. The van der Waals surface area contributed by atoms with E-state index in [2.05, 4.69) is 24.0 Å². The molecular weight excluding hydrogens is 246 g/mol. The molecule has 1 aromatic heterocycles. The van der Waals surface area contributed by atoms with Crippen molar-refractivity contribution in [1.29, 1.82) is 0 Å². The fourth-order valence-corrected chi connectivity index (χ4v) is 2.63. The van der Waals surface area contributed by atoms with E-state index < -0.39 is 6.10 Å². The fourth-order valence-electron chi connectivity index (χ4n) is 1.61. The van der Waals surface area contributed by atoms with E-state index in [-0.39, 0.29) is 0 Å². The number of benzene rings is 1. The molecule has 1 N–H and O–H groups in total. The molecule has 0 aliphatic heterocycles. The van der Waals surface area contributed by atoms with Gasteiger partial charge < -0.3 is 9.67 Å². The standard InChI is InChI=1S/C13H17N3OS/c1-10(2)16-9-14-15-13(16)18-8-12(17)11-6-4-3-5-7-11/h3-7,9-10,12,17H,8H2,1-2H3. The van der Waals surface area contributed by atoms with Crippen LogP contribution < -0.4 is 0 Å². The molecule has 2 rings (SSSR count). The van der Waals surface area contributed by atoms with Gasteiger partial charge in [-0.25, -0.2) is 0 Å². The Kier molecular flexibility index (Phi) is 4.38. The van der Waals surface area contributed by atoms with E-state index in [4.69, 9.17) is 0 Å². The number of aliphatic hydroxyl groups excluding tert-OH is 1. The minimum Gasteiger partial charge on any atom is -0.388 e. The highest BCUT2D eigenvalue weighted by atomic mass is 32.2. The molecule has 0 saturated heterocycles. The number of hydrogen-bond donors (Lipinski definition) is 1. The van der Waals surface area contributed by atoms with Gasteiger partial charge in [0.15, 0.2) is 5.16 Å². The lowest BCUT2D eigenvalue weighted by atomic mass is 10.1. The van der Waals surface area contributed by atoms with E-state index in [1.165, 1.54) is 11.8 Å². The summed E-state index contributed by atoms with van der Waals surface area (Å²) in [6, 6.07) is 9.99. The Morgan fingerprint density at radius 1 is 1.28 bits per heavy atom. The van der Waals surface area contributed by atoms with E-state index in [1.54, 1.807) is 6.33 Å². The van der Waals surface area contributed by atoms with E-state index in [9.17, 15) is 5.11 Å². The predicted octanol–water partition coefficient (Wildman–Crippen LogP) is 2.68. The van der Waals surface area contributed by atoms with E-state index in [1.807, 2.05) is 34.9 Å². The quantitative estimate of drug-likeness (QED) is 0.843. The van der Waals surface area contributed by atoms with Gasteiger partial charge in [0.05, 0.1) is 6.10 Å². The molecule has 0 amide bonds. The van der Waals surface area contributed by atoms with Crippen LogP contribution in [0.5, 0.6) is 0 Å². The Bertz CT molecular complexity index is 484. The number of nitrogens with zero attached hydrogens (tertiary/aromatic N) is 3. The van der Waals surface area contributed by atoms with Gasteiger partial charge in [0, 0.05) is 11.8 Å². The molecule has 4 nitrogen and oxygen atoms in total. The van der Waals surface area contributed by atoms with Crippen LogP contribution >= 0.6 is 11.8 Å². The van der Waals surface area contributed by atoms with E-state index >= 15 is 0 Å². The first-order chi connectivity index (χ1) is 8.68. The molecule has 0 fully saturated rings. The summed E-state index contributed by atoms with van der Waals surface area (Å²) in [7, 11) is 0. The molecule has 1 unspecified atom stereocenters. The molecule has 5 heteroatoms. The molecule has 1 heterocycles. The van der Waals surface area contributed by atoms with E-state index in [0.717, 1.165) is 10.7 Å². The second-order valence-electron chi connectivity index (χ2n) is 4.35. The lowest BCUT2D eigenvalue weighted by Crippen LogP contribution is -2.04. The highest BCUT2D eigenvalue weighted by Gasteiger charge is 2.12. The summed E-state index contributed by atoms with van der Waals surface area (Å²) in [6.45, 7) is 4.17. The van der Waals surface area contributed by atoms with Gasteiger partial charge in [-0.05, 0) is 19.4 Å². The van der Waals surface area contributed by atoms with Gasteiger partial charge in [0.25, 0.3) is 0 Å². The zero-order valence-electron chi connectivity index (χ0n) is 10.5. The van der Waals surface area contributed by atoms with Crippen molar-refractivity contribution in [3.8, 4) is 0 Å². The monoisotopic (exact) mass is 263 g/mol. The van der Waals surface area contributed by atoms with Gasteiger partial charge in [-0.15, -0.1) is 10.2 Å². The number of hydrogen-bond acceptors (Lipinski definition) is 4. The third kappa shape index (κ3) is 3.11. The lowest BCUT2D eigenvalue weighted by molar-refractivity contribution is 0.204. The molecule has 0 spiro atoms. The Hall–Kier alpha value is -1.33. The first-order valence-corrected chi connectivity index (χ1v) is 6.92. The van der Waals surface area contributed by atoms with E-state index in [0.29, 0.717) is 11.8 Å². The van der Waals surface area contributed by atoms with Crippen molar-refractivity contribution < 1.29 is 5.11 Å². The zero-order valence-corrected chi connectivity index (χ0v) is 11.3. The summed E-state index contributed by atoms with van der Waals surface area (Å²) < 4.78 is 2.00. The topological polar surface area (TPSA) is 50.9 Å². The van der Waals surface area contributed by atoms with Gasteiger partial charge >= 0.3 is 0 Å². The van der Waals surface area contributed by atoms with Crippen molar-refractivity contribution >= 4 is 11.8 Å². The summed E-state index contributed by atoms with van der Waals surface area (Å²) in [4.78, 5) is 0. The summed E-state index contributed by atoms with van der Waals surface area (Å²) in [5.74, 6) is 0.579. The second kappa shape index (κ2) is 6.02. The van der Waals surface area contributed by atoms with Gasteiger partial charge in [-0.3, -0.25) is 0 Å². The van der Waals surface area contributed by atoms with Crippen LogP contribution in [0, 0.1) is 0 Å². The summed E-state index contributed by atoms with van der Waals surface area (Å²) in [6.07, 6.45) is 1.25. The molecule has 0 bridgehead atoms. The van der Waals surface area contributed by atoms with Gasteiger partial charge in [0.2, 0.25) is 0 Å². The van der Waals surface area contributed by atoms with Gasteiger partial charge in [0.1, 0.15) is 6.33 Å². The van der Waals surface area contributed by atoms with Crippen LogP contribution in [0.4, 0.5) is 0 Å². The Labute approximate surface area is 111 Å². The predicted molar refractivity (Wildman–Crippen MR) is 72.5 cm³/mol. The molecule has 1 aromatic carbocycles. The van der Waals surface area contributed by atoms with Gasteiger partial charge in [-0.2, -0.15) is 0 Å². The normalized spacial score (nSPS) is 12.9. The molecule has 0 radical (unpaired) electrons. The molecule has 96 valence electrons. The minimum atomic E-state index is -0.478. The number of thioether (sulfide) groups is 1. The summed E-state index contributed by atoms with van der Waals surface area (Å²) in [5.41, 5.74) is 0.931. The maximum atomic E-state index is 10.1. The first-order valence-electron chi connectivity index (χ1n) is 5.94. The summed E-state index contributed by atoms with van der Waals surface area (Å²) >= 11 is 1.52. The second-order valence-corrected chi connectivity index (χ2v) is 5.34. The van der Waals surface area contributed by atoms with Crippen LogP contribution in [0.2, 0.25) is 0 Å². The smallest absolute Gasteiger partial charge is 0.191 e. The Balaban J connectivity index is 1.97. The molecule has 1 atom stereocenters. The van der Waals surface area contributed by atoms with Gasteiger partial charge in [-0.1, -0.05) is 42.1 Å². The van der Waals surface area contributed by atoms with Crippen LogP contribution in [-0.4, -0.2) is 25.6 Å². The number of aliphatic hydroxyl groups is 1. The SMILES string of the molecule is CC(C)n1cnnc1SCC(O)c1ccccc1. The van der Waals surface area contributed by atoms with Crippen molar-refractivity contribution in [2.75, 3.05) is 5.75 Å². The van der Waals surface area contributed by atoms with Crippen LogP contribution in [0.25, 0.3) is 0 Å². The lowest BCUT2D eigenvalue weighted by Gasteiger charge is -2.12. The van der Waals surface area contributed by atoms with Crippen LogP contribution in [0.3, 0.4) is 0 Å². The van der Waals surface area contributed by atoms with Crippen molar-refractivity contribution in [3.05, 3.63) is 42.2 Å². The third-order valence-electron chi connectivity index (χ3n) is 2.65. The van der Waals surface area contributed by atoms with Crippen molar-refractivity contribution in [1.82, 2.24) is 14.8 Å². The molecule has 0 saturated carbocycles. The molecule has 2 aromatic rings. The Morgan fingerprint density at radius 2 is 2.00 bits per heavy atom. The van der Waals surface area contributed by atoms with Crippen LogP contribution in [0.15, 0.2) is 41.8 Å². The number of rotatable bonds is 5. The maximum absolute atomic E-state index is 10.1. The first kappa shape index (κ1) is 13.1. The highest BCUT2D eigenvalue weighted by Crippen LogP contribution is 2.24. The van der Waals surface area contributed by atoms with Crippen LogP contribution in [-0.2, 0) is 0 Å². The van der Waals surface area contributed by atoms with Crippen LogP contribution in [0.1, 0.15) is 31.6 Å². The van der Waals surface area contributed by atoms with Crippen molar-refractivity contribution in [3.63, 3.8) is 0 Å². The minimum absolute atomic E-state index is 0.330. The number of aromatic nitrogens is 3. The maximum Gasteiger partial charge on any atom is 0.191 e. The summed E-state index contributed by atoms with van der Waals surface area (Å²) in [5, 5.41) is 18.9. The fraction of sp³-hybridized carbons (Fsp3) is 0.385. The molecule has 0 aliphatic carbocycles. The highest BCUT2D eigenvalue weighted by molar-refractivity contribution is 7.99. The van der Waals surface area contributed by atoms with Crippen molar-refractivity contribution in [2.45, 2.75) is 31.1 Å². The largest absolute Gasteiger partial charge is 0.388 e.